The first-order valence-electron chi connectivity index (χ1n) is 20.8. The maximum absolute atomic E-state index is 14.3. The fraction of sp³-hybridized carbons (Fsp3) is 0.634. The van der Waals surface area contributed by atoms with E-state index >= 15 is 0 Å². The van der Waals surface area contributed by atoms with Crippen molar-refractivity contribution in [3.63, 3.8) is 0 Å². The predicted molar refractivity (Wildman–Crippen MR) is 206 cm³/mol. The molecule has 6 fully saturated rings. The van der Waals surface area contributed by atoms with E-state index in [4.69, 9.17) is 30.4 Å². The second kappa shape index (κ2) is 13.9. The number of fused-ring (bicyclic) bond motifs is 6. The topological polar surface area (TPSA) is 295 Å². The summed E-state index contributed by atoms with van der Waals surface area (Å²) >= 11 is 0. The minimum absolute atomic E-state index is 0.0253. The average Bonchev–Trinajstić information content (AvgIpc) is 4.13. The molecule has 10 rings (SSSR count). The van der Waals surface area contributed by atoms with Gasteiger partial charge in [0.1, 0.15) is 72.5 Å². The van der Waals surface area contributed by atoms with Gasteiger partial charge in [-0.3, -0.25) is 0 Å². The summed E-state index contributed by atoms with van der Waals surface area (Å²) in [5.74, 6) is 1.23. The lowest BCUT2D eigenvalue weighted by molar-refractivity contribution is -0.115. The number of nitrogens with zero attached hydrogens (tertiary/aromatic N) is 8. The van der Waals surface area contributed by atoms with Crippen LogP contribution in [0, 0.1) is 45.3 Å². The number of nitrogen functional groups attached to an aromatic ring is 2. The fourth-order valence-electron chi connectivity index (χ4n) is 12.1. The molecule has 4 aliphatic carbocycles. The van der Waals surface area contributed by atoms with Gasteiger partial charge in [0.05, 0.1) is 23.6 Å². The van der Waals surface area contributed by atoms with Crippen molar-refractivity contribution in [2.24, 2.45) is 22.7 Å². The van der Waals surface area contributed by atoms with Crippen LogP contribution in [0.4, 0.5) is 16.4 Å². The molecule has 2 aliphatic heterocycles. The van der Waals surface area contributed by atoms with E-state index in [1.165, 1.54) is 21.7 Å². The molecule has 4 bridgehead atoms. The van der Waals surface area contributed by atoms with Crippen molar-refractivity contribution in [3.8, 4) is 12.1 Å². The van der Waals surface area contributed by atoms with Crippen LogP contribution < -0.4 is 11.5 Å². The van der Waals surface area contributed by atoms with Gasteiger partial charge < -0.3 is 50.8 Å². The average molecular weight is 825 g/mol. The Bertz CT molecular complexity index is 2250. The number of anilines is 2. The van der Waals surface area contributed by atoms with Crippen molar-refractivity contribution in [1.29, 1.82) is 10.5 Å². The molecule has 2 saturated heterocycles. The molecule has 316 valence electrons. The van der Waals surface area contributed by atoms with E-state index in [0.29, 0.717) is 22.9 Å². The molecule has 0 aromatic carbocycles. The van der Waals surface area contributed by atoms with E-state index in [2.05, 4.69) is 32.3 Å². The number of aliphatic hydroxyl groups is 4. The van der Waals surface area contributed by atoms with E-state index in [0.717, 1.165) is 64.2 Å². The Kier molecular flexibility index (Phi) is 9.07. The molecule has 6 aliphatic rings. The standard InChI is InChI=1S/C41H48N10O9/c42-17-40(27-3-1-23-35(44)46-19-48-50(23)27)33(54)31(52)25(59-40)13-29(38-9-5-21(15-38)6-10-38)57-37(56)58-30(39-11-7-22(16-39)8-12-39)14-26-32(53)34(55)41(18-43,60-26)28-4-2-24-36(45)47-20-49-51(24)28/h1-4,19-22,25-26,29-34,52-55H,5-16H2,(H2,44,46,48)(H2,45,47,49)/t21?,22?,25-,26-,29?,30?,31-,32-,33-,34-,38?,39?,40+,41+/m1/s1. The normalized spacial score (nSPS) is 39.0. The first-order chi connectivity index (χ1) is 28.9. The van der Waals surface area contributed by atoms with Gasteiger partial charge in [-0.25, -0.2) is 23.8 Å². The number of hydrogen-bond acceptors (Lipinski definition) is 17. The van der Waals surface area contributed by atoms with E-state index < -0.39 is 77.0 Å². The third-order valence-corrected chi connectivity index (χ3v) is 15.3. The van der Waals surface area contributed by atoms with E-state index in [1.807, 2.05) is 0 Å². The van der Waals surface area contributed by atoms with Crippen LogP contribution in [0.5, 0.6) is 0 Å². The van der Waals surface area contributed by atoms with Gasteiger partial charge in [0.2, 0.25) is 11.2 Å². The lowest BCUT2D eigenvalue weighted by Gasteiger charge is -2.39. The van der Waals surface area contributed by atoms with Gasteiger partial charge in [-0.05, 0) is 100 Å². The molecule has 19 nitrogen and oxygen atoms in total. The summed E-state index contributed by atoms with van der Waals surface area (Å²) in [6.07, 6.45) is -0.303. The molecule has 8 N–H and O–H groups in total. The SMILES string of the molecule is N#C[C@@]1(c2ccc3c(N)ncnn23)O[C@H](CC(OC(=O)OC(C[C@H]2O[C@@](C#N)(c3ccc4c(N)ncnn34)[C@H](O)[C@@H]2O)C23CCC(CC2)C3)C23CCC(CC2)C3)[C@@H](O)[C@H]1O. The van der Waals surface area contributed by atoms with E-state index in [-0.39, 0.29) is 35.9 Å². The van der Waals surface area contributed by atoms with Gasteiger partial charge in [-0.15, -0.1) is 0 Å². The van der Waals surface area contributed by atoms with Crippen molar-refractivity contribution in [2.45, 2.75) is 137 Å². The van der Waals surface area contributed by atoms with E-state index in [1.54, 1.807) is 24.3 Å². The van der Waals surface area contributed by atoms with Crippen molar-refractivity contribution in [2.75, 3.05) is 11.5 Å². The molecular weight excluding hydrogens is 777 g/mol. The van der Waals surface area contributed by atoms with Gasteiger partial charge in [0.15, 0.2) is 11.6 Å². The van der Waals surface area contributed by atoms with Crippen LogP contribution in [-0.2, 0) is 30.1 Å². The monoisotopic (exact) mass is 824 g/mol. The number of carbonyl (C=O) groups is 1. The summed E-state index contributed by atoms with van der Waals surface area (Å²) in [5.41, 5.74) is 8.29. The maximum atomic E-state index is 14.3. The minimum Gasteiger partial charge on any atom is -0.430 e. The Hall–Kier alpha value is -5.15. The van der Waals surface area contributed by atoms with Gasteiger partial charge >= 0.3 is 6.16 Å². The molecule has 10 atom stereocenters. The van der Waals surface area contributed by atoms with Gasteiger partial charge in [0.25, 0.3) is 0 Å². The third-order valence-electron chi connectivity index (χ3n) is 15.3. The van der Waals surface area contributed by atoms with Crippen LogP contribution in [0.15, 0.2) is 36.9 Å². The zero-order valence-corrected chi connectivity index (χ0v) is 32.8. The molecule has 4 aromatic heterocycles. The molecule has 0 radical (unpaired) electrons. The summed E-state index contributed by atoms with van der Waals surface area (Å²) in [6.45, 7) is 0. The molecule has 19 heteroatoms. The Balaban J connectivity index is 0.923. The summed E-state index contributed by atoms with van der Waals surface area (Å²) in [7, 11) is 0. The number of nitriles is 2. The zero-order chi connectivity index (χ0) is 41.8. The number of aromatic nitrogens is 6. The zero-order valence-electron chi connectivity index (χ0n) is 32.8. The van der Waals surface area contributed by atoms with Gasteiger partial charge in [0, 0.05) is 23.7 Å². The highest BCUT2D eigenvalue weighted by atomic mass is 16.7. The second-order valence-electron chi connectivity index (χ2n) is 18.2. The number of hydrogen-bond donors (Lipinski definition) is 6. The molecule has 4 saturated carbocycles. The first-order valence-corrected chi connectivity index (χ1v) is 20.8. The minimum atomic E-state index is -2.03. The summed E-state index contributed by atoms with van der Waals surface area (Å²) in [4.78, 5) is 22.3. The van der Waals surface area contributed by atoms with Crippen LogP contribution in [0.2, 0.25) is 0 Å². The van der Waals surface area contributed by atoms with Gasteiger partial charge in [-0.1, -0.05) is 0 Å². The first kappa shape index (κ1) is 39.0. The number of aliphatic hydroxyl groups excluding tert-OH is 4. The van der Waals surface area contributed by atoms with Crippen molar-refractivity contribution in [3.05, 3.63) is 48.3 Å². The molecule has 0 amide bonds. The largest absolute Gasteiger partial charge is 0.508 e. The highest BCUT2D eigenvalue weighted by molar-refractivity contribution is 5.67. The van der Waals surface area contributed by atoms with Crippen molar-refractivity contribution < 1.29 is 44.2 Å². The number of rotatable bonds is 10. The van der Waals surface area contributed by atoms with Crippen LogP contribution in [0.25, 0.3) is 11.0 Å². The van der Waals surface area contributed by atoms with Crippen molar-refractivity contribution in [1.82, 2.24) is 29.2 Å². The second-order valence-corrected chi connectivity index (χ2v) is 18.2. The van der Waals surface area contributed by atoms with Crippen LogP contribution >= 0.6 is 0 Å². The van der Waals surface area contributed by atoms with Gasteiger partial charge in [-0.2, -0.15) is 20.7 Å². The molecule has 60 heavy (non-hydrogen) atoms. The highest BCUT2D eigenvalue weighted by Gasteiger charge is 2.62. The molecule has 4 aromatic rings. The lowest BCUT2D eigenvalue weighted by atomic mass is 9.76. The molecule has 2 unspecified atom stereocenters. The van der Waals surface area contributed by atoms with Crippen LogP contribution in [0.1, 0.15) is 88.4 Å². The summed E-state index contributed by atoms with van der Waals surface area (Å²) < 4.78 is 28.2. The van der Waals surface area contributed by atoms with Crippen LogP contribution in [0.3, 0.4) is 0 Å². The number of carbonyl (C=O) groups excluding carboxylic acids is 1. The Morgan fingerprint density at radius 1 is 0.733 bits per heavy atom. The molecular formula is C41H48N10O9. The van der Waals surface area contributed by atoms with Crippen LogP contribution in [-0.4, -0.2) is 105 Å². The third kappa shape index (κ3) is 5.63. The molecule has 0 spiro atoms. The number of ether oxygens (including phenoxy) is 4. The molecule has 6 heterocycles. The summed E-state index contributed by atoms with van der Waals surface area (Å²) in [5, 5.41) is 75.7. The van der Waals surface area contributed by atoms with E-state index in [9.17, 15) is 35.7 Å². The highest BCUT2D eigenvalue weighted by Crippen LogP contribution is 2.60. The predicted octanol–water partition coefficient (Wildman–Crippen LogP) is 2.15. The summed E-state index contributed by atoms with van der Waals surface area (Å²) in [6, 6.07) is 10.5. The number of nitrogens with two attached hydrogens (primary N) is 2. The quantitative estimate of drug-likeness (QED) is 0.125. The smallest absolute Gasteiger partial charge is 0.430 e. The van der Waals surface area contributed by atoms with Crippen molar-refractivity contribution >= 4 is 28.8 Å². The Morgan fingerprint density at radius 3 is 1.48 bits per heavy atom. The fourth-order valence-corrected chi connectivity index (χ4v) is 12.1. The maximum Gasteiger partial charge on any atom is 0.508 e. The lowest BCUT2D eigenvalue weighted by Crippen LogP contribution is -2.44. The Labute approximate surface area is 343 Å². The Morgan fingerprint density at radius 2 is 1.13 bits per heavy atom.